The number of rotatable bonds is 1. The number of benzene rings is 1. The van der Waals surface area contributed by atoms with Gasteiger partial charge in [0, 0.05) is 5.39 Å². The second kappa shape index (κ2) is 3.65. The molecule has 2 rings (SSSR count). The fraction of sp³-hybridized carbons (Fsp3) is 0.0909. The van der Waals surface area contributed by atoms with Crippen LogP contribution in [0.5, 0.6) is 0 Å². The van der Waals surface area contributed by atoms with Gasteiger partial charge < -0.3 is 4.74 Å². The van der Waals surface area contributed by atoms with Crippen molar-refractivity contribution >= 4 is 16.9 Å². The summed E-state index contributed by atoms with van der Waals surface area (Å²) < 4.78 is 17.8. The monoisotopic (exact) mass is 205 g/mol. The number of esters is 1. The zero-order chi connectivity index (χ0) is 10.8. The number of methoxy groups -OCH3 is 1. The van der Waals surface area contributed by atoms with Gasteiger partial charge >= 0.3 is 5.97 Å². The second-order valence-corrected chi connectivity index (χ2v) is 3.00. The molecular formula is C11H8FNO2. The molecule has 1 aromatic carbocycles. The lowest BCUT2D eigenvalue weighted by molar-refractivity contribution is 0.0589. The molecule has 1 aromatic heterocycles. The van der Waals surface area contributed by atoms with E-state index in [0.717, 1.165) is 0 Å². The van der Waals surface area contributed by atoms with Gasteiger partial charge in [-0.25, -0.2) is 14.2 Å². The smallest absolute Gasteiger partial charge is 0.359 e. The maximum Gasteiger partial charge on any atom is 0.359 e. The lowest BCUT2D eigenvalue weighted by atomic mass is 10.2. The Bertz CT molecular complexity index is 525. The zero-order valence-electron chi connectivity index (χ0n) is 8.03. The summed E-state index contributed by atoms with van der Waals surface area (Å²) in [7, 11) is 1.19. The Labute approximate surface area is 85.5 Å². The lowest BCUT2D eigenvalue weighted by Gasteiger charge is -2.02. The number of halogens is 1. The summed E-state index contributed by atoms with van der Waals surface area (Å²) in [5, 5.41) is 0.655. The zero-order valence-corrected chi connectivity index (χ0v) is 8.03. The Kier molecular flexibility index (Phi) is 2.33. The fourth-order valence-electron chi connectivity index (χ4n) is 1.33. The molecule has 0 aliphatic rings. The van der Waals surface area contributed by atoms with Crippen molar-refractivity contribution in [3.05, 3.63) is 41.8 Å². The highest BCUT2D eigenvalue weighted by atomic mass is 19.1. The van der Waals surface area contributed by atoms with Crippen LogP contribution in [-0.4, -0.2) is 18.1 Å². The number of carbonyl (C=O) groups is 1. The van der Waals surface area contributed by atoms with Crippen LogP contribution in [0.2, 0.25) is 0 Å². The van der Waals surface area contributed by atoms with Gasteiger partial charge in [-0.05, 0) is 12.1 Å². The topological polar surface area (TPSA) is 39.2 Å². The third-order valence-corrected chi connectivity index (χ3v) is 2.06. The molecule has 0 aliphatic carbocycles. The van der Waals surface area contributed by atoms with E-state index in [0.29, 0.717) is 10.9 Å². The molecule has 1 heterocycles. The largest absolute Gasteiger partial charge is 0.464 e. The Morgan fingerprint density at radius 3 is 2.87 bits per heavy atom. The number of para-hydroxylation sites is 1. The van der Waals surface area contributed by atoms with Crippen molar-refractivity contribution in [1.82, 2.24) is 4.98 Å². The molecule has 0 radical (unpaired) electrons. The molecule has 2 aromatic rings. The highest BCUT2D eigenvalue weighted by molar-refractivity contribution is 5.91. The fourth-order valence-corrected chi connectivity index (χ4v) is 1.33. The Hall–Kier alpha value is -1.97. The van der Waals surface area contributed by atoms with E-state index in [1.165, 1.54) is 13.2 Å². The summed E-state index contributed by atoms with van der Waals surface area (Å²) in [6, 6.07) is 8.26. The SMILES string of the molecule is COC(=O)c1nc2ccccc2cc1F. The molecule has 4 heteroatoms. The molecular weight excluding hydrogens is 197 g/mol. The summed E-state index contributed by atoms with van der Waals surface area (Å²) in [5.41, 5.74) is 0.288. The van der Waals surface area contributed by atoms with Crippen molar-refractivity contribution in [2.75, 3.05) is 7.11 Å². The summed E-state index contributed by atoms with van der Waals surface area (Å²) in [6.45, 7) is 0. The van der Waals surface area contributed by atoms with E-state index in [9.17, 15) is 9.18 Å². The number of aromatic nitrogens is 1. The number of hydrogen-bond acceptors (Lipinski definition) is 3. The van der Waals surface area contributed by atoms with Crippen LogP contribution in [0.4, 0.5) is 4.39 Å². The predicted octanol–water partition coefficient (Wildman–Crippen LogP) is 2.16. The van der Waals surface area contributed by atoms with Crippen molar-refractivity contribution in [3.8, 4) is 0 Å². The molecule has 0 saturated heterocycles. The maximum atomic E-state index is 13.4. The standard InChI is InChI=1S/C11H8FNO2/c1-15-11(14)10-8(12)6-7-4-2-3-5-9(7)13-10/h2-6H,1H3. The minimum atomic E-state index is -0.766. The molecule has 0 saturated carbocycles. The van der Waals surface area contributed by atoms with Gasteiger partial charge in [0.25, 0.3) is 0 Å². The summed E-state index contributed by atoms with van der Waals surface area (Å²) >= 11 is 0. The van der Waals surface area contributed by atoms with Crippen LogP contribution >= 0.6 is 0 Å². The molecule has 0 amide bonds. The lowest BCUT2D eigenvalue weighted by Crippen LogP contribution is -2.07. The normalized spacial score (nSPS) is 10.3. The molecule has 0 unspecified atom stereocenters. The number of pyridine rings is 1. The number of nitrogens with zero attached hydrogens (tertiary/aromatic N) is 1. The van der Waals surface area contributed by atoms with Crippen LogP contribution < -0.4 is 0 Å². The van der Waals surface area contributed by atoms with Crippen molar-refractivity contribution in [2.24, 2.45) is 0 Å². The van der Waals surface area contributed by atoms with Gasteiger partial charge in [-0.3, -0.25) is 0 Å². The minimum Gasteiger partial charge on any atom is -0.464 e. The molecule has 0 spiro atoms. The first kappa shape index (κ1) is 9.58. The molecule has 0 fully saturated rings. The average molecular weight is 205 g/mol. The van der Waals surface area contributed by atoms with E-state index in [-0.39, 0.29) is 5.69 Å². The molecule has 3 nitrogen and oxygen atoms in total. The quantitative estimate of drug-likeness (QED) is 0.669. The summed E-state index contributed by atoms with van der Waals surface area (Å²) in [5.74, 6) is -1.43. The van der Waals surface area contributed by atoms with Gasteiger partial charge in [0.1, 0.15) is 0 Å². The highest BCUT2D eigenvalue weighted by Crippen LogP contribution is 2.15. The first-order valence-electron chi connectivity index (χ1n) is 4.36. The summed E-state index contributed by atoms with van der Waals surface area (Å²) in [6.07, 6.45) is 0. The Morgan fingerprint density at radius 1 is 1.40 bits per heavy atom. The molecule has 0 atom stereocenters. The van der Waals surface area contributed by atoms with Crippen molar-refractivity contribution in [3.63, 3.8) is 0 Å². The van der Waals surface area contributed by atoms with Gasteiger partial charge in [-0.1, -0.05) is 18.2 Å². The number of carbonyl (C=O) groups excluding carboxylic acids is 1. The van der Waals surface area contributed by atoms with Gasteiger partial charge in [-0.15, -0.1) is 0 Å². The minimum absolute atomic E-state index is 0.281. The van der Waals surface area contributed by atoms with Crippen LogP contribution in [0, 0.1) is 5.82 Å². The number of ether oxygens (including phenoxy) is 1. The average Bonchev–Trinajstić information content (AvgIpc) is 2.27. The van der Waals surface area contributed by atoms with Crippen LogP contribution in [0.15, 0.2) is 30.3 Å². The van der Waals surface area contributed by atoms with Crippen LogP contribution in [-0.2, 0) is 4.74 Å². The molecule has 76 valence electrons. The Balaban J connectivity index is 2.67. The summed E-state index contributed by atoms with van der Waals surface area (Å²) in [4.78, 5) is 15.0. The van der Waals surface area contributed by atoms with Gasteiger partial charge in [0.15, 0.2) is 11.5 Å². The van der Waals surface area contributed by atoms with Crippen LogP contribution in [0.1, 0.15) is 10.5 Å². The molecule has 0 bridgehead atoms. The first-order valence-corrected chi connectivity index (χ1v) is 4.36. The van der Waals surface area contributed by atoms with Crippen LogP contribution in [0.25, 0.3) is 10.9 Å². The first-order chi connectivity index (χ1) is 7.22. The van der Waals surface area contributed by atoms with Gasteiger partial charge in [0.05, 0.1) is 12.6 Å². The molecule has 0 aliphatic heterocycles. The third-order valence-electron chi connectivity index (χ3n) is 2.06. The van der Waals surface area contributed by atoms with E-state index < -0.39 is 11.8 Å². The molecule has 15 heavy (non-hydrogen) atoms. The van der Waals surface area contributed by atoms with Crippen molar-refractivity contribution < 1.29 is 13.9 Å². The van der Waals surface area contributed by atoms with E-state index in [2.05, 4.69) is 9.72 Å². The number of hydrogen-bond donors (Lipinski definition) is 0. The van der Waals surface area contributed by atoms with Crippen molar-refractivity contribution in [2.45, 2.75) is 0 Å². The van der Waals surface area contributed by atoms with Crippen molar-refractivity contribution in [1.29, 1.82) is 0 Å². The van der Waals surface area contributed by atoms with E-state index >= 15 is 0 Å². The van der Waals surface area contributed by atoms with E-state index in [4.69, 9.17) is 0 Å². The van der Waals surface area contributed by atoms with Gasteiger partial charge in [0.2, 0.25) is 0 Å². The van der Waals surface area contributed by atoms with Crippen LogP contribution in [0.3, 0.4) is 0 Å². The van der Waals surface area contributed by atoms with Gasteiger partial charge in [-0.2, -0.15) is 0 Å². The van der Waals surface area contributed by atoms with E-state index in [1.807, 2.05) is 0 Å². The second-order valence-electron chi connectivity index (χ2n) is 3.00. The Morgan fingerprint density at radius 2 is 2.13 bits per heavy atom. The predicted molar refractivity (Wildman–Crippen MR) is 53.0 cm³/mol. The number of fused-ring (bicyclic) bond motifs is 1. The highest BCUT2D eigenvalue weighted by Gasteiger charge is 2.14. The third kappa shape index (κ3) is 1.66. The van der Waals surface area contributed by atoms with E-state index in [1.54, 1.807) is 24.3 Å². The molecule has 0 N–H and O–H groups in total. The maximum absolute atomic E-state index is 13.4.